The number of rotatable bonds is 8. The van der Waals surface area contributed by atoms with Crippen LogP contribution in [0.1, 0.15) is 59.9 Å². The largest absolute Gasteiger partial charge is 0.478 e. The topological polar surface area (TPSA) is 97.1 Å². The average Bonchev–Trinajstić information content (AvgIpc) is 3.21. The van der Waals surface area contributed by atoms with Crippen LogP contribution in [-0.2, 0) is 11.2 Å². The van der Waals surface area contributed by atoms with Gasteiger partial charge in [0.2, 0.25) is 5.91 Å². The third-order valence-electron chi connectivity index (χ3n) is 5.61. The molecule has 7 nitrogen and oxygen atoms in total. The van der Waals surface area contributed by atoms with Gasteiger partial charge < -0.3 is 15.0 Å². The highest BCUT2D eigenvalue weighted by molar-refractivity contribution is 7.99. The molecule has 0 spiro atoms. The highest BCUT2D eigenvalue weighted by Crippen LogP contribution is 2.33. The summed E-state index contributed by atoms with van der Waals surface area (Å²) in [6.07, 6.45) is 6.55. The van der Waals surface area contributed by atoms with Gasteiger partial charge >= 0.3 is 5.97 Å². The maximum absolute atomic E-state index is 12.5. The molecule has 0 unspecified atom stereocenters. The second-order valence-electron chi connectivity index (χ2n) is 7.95. The first-order valence-corrected chi connectivity index (χ1v) is 11.8. The number of thioether (sulfide) groups is 1. The van der Waals surface area contributed by atoms with Gasteiger partial charge in [-0.05, 0) is 36.6 Å². The number of aromatic carboxylic acids is 1. The molecule has 0 atom stereocenters. The molecule has 8 heteroatoms. The van der Waals surface area contributed by atoms with E-state index in [0.717, 1.165) is 23.8 Å². The number of anilines is 1. The first-order valence-electron chi connectivity index (χ1n) is 10.8. The zero-order valence-corrected chi connectivity index (χ0v) is 18.6. The normalized spacial score (nSPS) is 14.2. The Kier molecular flexibility index (Phi) is 7.21. The van der Waals surface area contributed by atoms with Crippen molar-refractivity contribution < 1.29 is 14.7 Å². The van der Waals surface area contributed by atoms with Crippen molar-refractivity contribution in [3.63, 3.8) is 0 Å². The van der Waals surface area contributed by atoms with Crippen molar-refractivity contribution in [1.29, 1.82) is 0 Å². The summed E-state index contributed by atoms with van der Waals surface area (Å²) in [6.45, 7) is 0. The summed E-state index contributed by atoms with van der Waals surface area (Å²) in [4.78, 5) is 23.7. The molecule has 2 aromatic carbocycles. The SMILES string of the molecule is O=C(CSc1nnc(Cc2ccccc2)n1C1CCCCC1)Nc1cccc(C(=O)O)c1. The number of aromatic nitrogens is 3. The van der Waals surface area contributed by atoms with Gasteiger partial charge in [-0.2, -0.15) is 0 Å². The molecule has 0 saturated heterocycles. The third-order valence-corrected chi connectivity index (χ3v) is 6.55. The standard InChI is InChI=1S/C24H26N4O3S/c29-22(25-19-11-7-10-18(15-19)23(30)31)16-32-24-27-26-21(14-17-8-3-1-4-9-17)28(24)20-12-5-2-6-13-20/h1,3-4,7-11,15,20H,2,5-6,12-14,16H2,(H,25,29)(H,30,31). The first-order chi connectivity index (χ1) is 15.6. The van der Waals surface area contributed by atoms with Crippen LogP contribution >= 0.6 is 11.8 Å². The van der Waals surface area contributed by atoms with Crippen LogP contribution in [0.25, 0.3) is 0 Å². The maximum Gasteiger partial charge on any atom is 0.335 e. The molecule has 1 amide bonds. The lowest BCUT2D eigenvalue weighted by molar-refractivity contribution is -0.113. The lowest BCUT2D eigenvalue weighted by Crippen LogP contribution is -2.18. The summed E-state index contributed by atoms with van der Waals surface area (Å²) in [5.41, 5.74) is 1.79. The molecule has 1 heterocycles. The number of carbonyl (C=O) groups excluding carboxylic acids is 1. The van der Waals surface area contributed by atoms with E-state index in [-0.39, 0.29) is 17.2 Å². The van der Waals surface area contributed by atoms with Crippen LogP contribution in [0.4, 0.5) is 5.69 Å². The van der Waals surface area contributed by atoms with Gasteiger partial charge in [0.05, 0.1) is 11.3 Å². The van der Waals surface area contributed by atoms with Crippen molar-refractivity contribution in [3.05, 3.63) is 71.5 Å². The van der Waals surface area contributed by atoms with Crippen molar-refractivity contribution >= 4 is 29.3 Å². The minimum absolute atomic E-state index is 0.137. The number of nitrogens with zero attached hydrogens (tertiary/aromatic N) is 3. The van der Waals surface area contributed by atoms with E-state index >= 15 is 0 Å². The lowest BCUT2D eigenvalue weighted by Gasteiger charge is -2.25. The molecule has 0 aliphatic heterocycles. The van der Waals surface area contributed by atoms with E-state index in [9.17, 15) is 9.59 Å². The quantitative estimate of drug-likeness (QED) is 0.478. The molecular weight excluding hydrogens is 424 g/mol. The summed E-state index contributed by atoms with van der Waals surface area (Å²) in [7, 11) is 0. The Morgan fingerprint density at radius 3 is 2.56 bits per heavy atom. The first kappa shape index (κ1) is 22.1. The molecule has 166 valence electrons. The van der Waals surface area contributed by atoms with Gasteiger partial charge in [0.1, 0.15) is 5.82 Å². The van der Waals surface area contributed by atoms with Gasteiger partial charge in [0.15, 0.2) is 5.16 Å². The van der Waals surface area contributed by atoms with E-state index < -0.39 is 5.97 Å². The second-order valence-corrected chi connectivity index (χ2v) is 8.89. The van der Waals surface area contributed by atoms with Gasteiger partial charge in [0.25, 0.3) is 0 Å². The van der Waals surface area contributed by atoms with E-state index in [1.54, 1.807) is 12.1 Å². The van der Waals surface area contributed by atoms with Crippen LogP contribution in [0.15, 0.2) is 59.8 Å². The molecule has 2 N–H and O–H groups in total. The van der Waals surface area contributed by atoms with Crippen LogP contribution in [0.5, 0.6) is 0 Å². The maximum atomic E-state index is 12.5. The number of carbonyl (C=O) groups is 2. The Balaban J connectivity index is 1.47. The zero-order chi connectivity index (χ0) is 22.3. The summed E-state index contributed by atoms with van der Waals surface area (Å²) >= 11 is 1.37. The van der Waals surface area contributed by atoms with Crippen molar-refractivity contribution in [2.24, 2.45) is 0 Å². The highest BCUT2D eigenvalue weighted by Gasteiger charge is 2.23. The number of carboxylic acids is 1. The highest BCUT2D eigenvalue weighted by atomic mass is 32.2. The number of amides is 1. The molecule has 1 aromatic heterocycles. The Bertz CT molecular complexity index is 1080. The zero-order valence-electron chi connectivity index (χ0n) is 17.7. The Labute approximate surface area is 191 Å². The number of carboxylic acid groups (broad SMARTS) is 1. The fourth-order valence-corrected chi connectivity index (χ4v) is 4.89. The lowest BCUT2D eigenvalue weighted by atomic mass is 9.95. The number of hydrogen-bond donors (Lipinski definition) is 2. The predicted molar refractivity (Wildman–Crippen MR) is 124 cm³/mol. The molecular formula is C24H26N4O3S. The predicted octanol–water partition coefficient (Wildman–Crippen LogP) is 4.80. The van der Waals surface area contributed by atoms with Crippen molar-refractivity contribution in [1.82, 2.24) is 14.8 Å². The Hall–Kier alpha value is -3.13. The smallest absolute Gasteiger partial charge is 0.335 e. The number of benzene rings is 2. The monoisotopic (exact) mass is 450 g/mol. The van der Waals surface area contributed by atoms with Gasteiger partial charge in [-0.15, -0.1) is 10.2 Å². The van der Waals surface area contributed by atoms with E-state index in [1.165, 1.54) is 48.7 Å². The van der Waals surface area contributed by atoms with Crippen LogP contribution in [0, 0.1) is 0 Å². The molecule has 32 heavy (non-hydrogen) atoms. The molecule has 3 aromatic rings. The third kappa shape index (κ3) is 5.56. The van der Waals surface area contributed by atoms with Crippen LogP contribution in [0.2, 0.25) is 0 Å². The van der Waals surface area contributed by atoms with Crippen LogP contribution in [-0.4, -0.2) is 37.5 Å². The van der Waals surface area contributed by atoms with Crippen LogP contribution < -0.4 is 5.32 Å². The molecule has 1 saturated carbocycles. The molecule has 1 aliphatic carbocycles. The molecule has 4 rings (SSSR count). The average molecular weight is 451 g/mol. The van der Waals surface area contributed by atoms with E-state index in [0.29, 0.717) is 18.2 Å². The molecule has 0 bridgehead atoms. The summed E-state index contributed by atoms with van der Waals surface area (Å²) in [6, 6.07) is 16.8. The van der Waals surface area contributed by atoms with Gasteiger partial charge in [0, 0.05) is 18.2 Å². The van der Waals surface area contributed by atoms with E-state index in [4.69, 9.17) is 5.11 Å². The fourth-order valence-electron chi connectivity index (χ4n) is 4.07. The minimum atomic E-state index is -1.03. The van der Waals surface area contributed by atoms with Crippen molar-refractivity contribution in [3.8, 4) is 0 Å². The molecule has 0 radical (unpaired) electrons. The van der Waals surface area contributed by atoms with Crippen molar-refractivity contribution in [2.45, 2.75) is 49.7 Å². The summed E-state index contributed by atoms with van der Waals surface area (Å²) in [5.74, 6) is -0.129. The fraction of sp³-hybridized carbons (Fsp3) is 0.333. The molecule has 1 aliphatic rings. The van der Waals surface area contributed by atoms with Gasteiger partial charge in [-0.3, -0.25) is 4.79 Å². The van der Waals surface area contributed by atoms with Crippen LogP contribution in [0.3, 0.4) is 0 Å². The minimum Gasteiger partial charge on any atom is -0.478 e. The number of hydrogen-bond acceptors (Lipinski definition) is 5. The Morgan fingerprint density at radius 2 is 1.81 bits per heavy atom. The van der Waals surface area contributed by atoms with E-state index in [2.05, 4.69) is 32.2 Å². The number of nitrogens with one attached hydrogen (secondary N) is 1. The summed E-state index contributed by atoms with van der Waals surface area (Å²) < 4.78 is 2.23. The second kappa shape index (κ2) is 10.5. The Morgan fingerprint density at radius 1 is 1.03 bits per heavy atom. The van der Waals surface area contributed by atoms with Gasteiger partial charge in [-0.1, -0.05) is 67.4 Å². The summed E-state index contributed by atoms with van der Waals surface area (Å²) in [5, 5.41) is 21.6. The van der Waals surface area contributed by atoms with E-state index in [1.807, 2.05) is 18.2 Å². The van der Waals surface area contributed by atoms with Gasteiger partial charge in [-0.25, -0.2) is 4.79 Å². The molecule has 1 fully saturated rings. The van der Waals surface area contributed by atoms with Crippen molar-refractivity contribution in [2.75, 3.05) is 11.1 Å².